The predicted octanol–water partition coefficient (Wildman–Crippen LogP) is 1.68. The third kappa shape index (κ3) is 4.35. The van der Waals surface area contributed by atoms with Gasteiger partial charge in [0.05, 0.1) is 0 Å². The molecule has 5 nitrogen and oxygen atoms in total. The van der Waals surface area contributed by atoms with E-state index < -0.39 is 11.6 Å². The topological polar surface area (TPSA) is 57.3 Å². The number of hydrogen-bond acceptors (Lipinski definition) is 4. The van der Waals surface area contributed by atoms with Crippen molar-refractivity contribution in [1.29, 1.82) is 0 Å². The van der Waals surface area contributed by atoms with E-state index in [1.165, 1.54) is 4.90 Å². The van der Waals surface area contributed by atoms with Gasteiger partial charge in [-0.25, -0.2) is 13.8 Å². The van der Waals surface area contributed by atoms with Gasteiger partial charge in [-0.3, -0.25) is 4.79 Å². The molecule has 106 valence electrons. The van der Waals surface area contributed by atoms with Gasteiger partial charge in [-0.2, -0.15) is 0 Å². The maximum Gasteiger partial charge on any atom is 0.223 e. The second-order valence-corrected chi connectivity index (χ2v) is 4.14. The minimum Gasteiger partial charge on any atom is -0.368 e. The molecule has 0 aliphatic heterocycles. The fourth-order valence-corrected chi connectivity index (χ4v) is 1.39. The Balaban J connectivity index is 2.67. The van der Waals surface area contributed by atoms with E-state index >= 15 is 0 Å². The number of amides is 1. The zero-order valence-corrected chi connectivity index (χ0v) is 11.3. The number of nitrogens with one attached hydrogen (secondary N) is 2. The summed E-state index contributed by atoms with van der Waals surface area (Å²) in [5, 5.41) is 5.38. The number of halogens is 2. The molecule has 0 fully saturated rings. The van der Waals surface area contributed by atoms with Crippen molar-refractivity contribution in [3.8, 4) is 0 Å². The van der Waals surface area contributed by atoms with Crippen molar-refractivity contribution in [2.45, 2.75) is 13.3 Å². The van der Waals surface area contributed by atoms with Gasteiger partial charge in [0.1, 0.15) is 0 Å². The first-order chi connectivity index (χ1) is 8.95. The van der Waals surface area contributed by atoms with Crippen molar-refractivity contribution in [3.05, 3.63) is 17.7 Å². The van der Waals surface area contributed by atoms with Crippen LogP contribution in [0.2, 0.25) is 0 Å². The number of carbonyl (C=O) groups excluding carboxylic acids is 1. The molecule has 1 heterocycles. The Kier molecular flexibility index (Phi) is 5.47. The lowest BCUT2D eigenvalue weighted by atomic mass is 10.3. The highest BCUT2D eigenvalue weighted by Gasteiger charge is 2.11. The van der Waals surface area contributed by atoms with E-state index in [0.29, 0.717) is 6.54 Å². The minimum atomic E-state index is -0.781. The first-order valence-electron chi connectivity index (χ1n) is 5.99. The molecule has 1 rings (SSSR count). The van der Waals surface area contributed by atoms with Gasteiger partial charge < -0.3 is 15.5 Å². The van der Waals surface area contributed by atoms with Crippen LogP contribution in [0.4, 0.5) is 20.4 Å². The zero-order chi connectivity index (χ0) is 14.4. The van der Waals surface area contributed by atoms with Crippen LogP contribution in [0, 0.1) is 11.6 Å². The lowest BCUT2D eigenvalue weighted by molar-refractivity contribution is -0.128. The number of carbonyl (C=O) groups is 1. The van der Waals surface area contributed by atoms with E-state index in [0.717, 1.165) is 6.07 Å². The van der Waals surface area contributed by atoms with Crippen LogP contribution in [-0.2, 0) is 4.79 Å². The highest BCUT2D eigenvalue weighted by molar-refractivity contribution is 5.76. The molecule has 0 aliphatic rings. The summed E-state index contributed by atoms with van der Waals surface area (Å²) in [7, 11) is 3.28. The van der Waals surface area contributed by atoms with Crippen LogP contribution in [0.1, 0.15) is 13.3 Å². The summed E-state index contributed by atoms with van der Waals surface area (Å²) >= 11 is 0. The van der Waals surface area contributed by atoms with E-state index in [-0.39, 0.29) is 30.5 Å². The third-order valence-corrected chi connectivity index (χ3v) is 2.40. The number of nitrogens with zero attached hydrogens (tertiary/aromatic N) is 2. The Hall–Kier alpha value is -1.92. The van der Waals surface area contributed by atoms with Gasteiger partial charge in [0.15, 0.2) is 23.3 Å². The summed E-state index contributed by atoms with van der Waals surface area (Å²) in [5.41, 5.74) is 0. The highest BCUT2D eigenvalue weighted by Crippen LogP contribution is 2.18. The molecule has 0 saturated carbocycles. The first kappa shape index (κ1) is 15.1. The molecule has 0 spiro atoms. The van der Waals surface area contributed by atoms with Crippen LogP contribution in [0.25, 0.3) is 0 Å². The highest BCUT2D eigenvalue weighted by atomic mass is 19.1. The molecular weight excluding hydrogens is 254 g/mol. The van der Waals surface area contributed by atoms with Gasteiger partial charge >= 0.3 is 0 Å². The monoisotopic (exact) mass is 272 g/mol. The van der Waals surface area contributed by atoms with Gasteiger partial charge in [-0.05, 0) is 6.92 Å². The average Bonchev–Trinajstić information content (AvgIpc) is 2.34. The molecule has 0 radical (unpaired) electrons. The van der Waals surface area contributed by atoms with Gasteiger partial charge in [0, 0.05) is 39.7 Å². The summed E-state index contributed by atoms with van der Waals surface area (Å²) in [4.78, 5) is 16.6. The molecule has 7 heteroatoms. The Bertz CT molecular complexity index is 452. The van der Waals surface area contributed by atoms with Gasteiger partial charge in [-0.15, -0.1) is 0 Å². The van der Waals surface area contributed by atoms with Crippen LogP contribution in [-0.4, -0.2) is 43.0 Å². The molecule has 0 aliphatic carbocycles. The number of anilines is 2. The molecule has 1 aromatic heterocycles. The average molecular weight is 272 g/mol. The van der Waals surface area contributed by atoms with Crippen molar-refractivity contribution < 1.29 is 13.6 Å². The SMILES string of the molecule is CCNc1nc(NCCC(=O)N(C)C)c(F)cc1F. The molecule has 0 atom stereocenters. The van der Waals surface area contributed by atoms with E-state index in [2.05, 4.69) is 15.6 Å². The summed E-state index contributed by atoms with van der Waals surface area (Å²) in [5.74, 6) is -1.68. The maximum absolute atomic E-state index is 13.5. The van der Waals surface area contributed by atoms with Gasteiger partial charge in [0.2, 0.25) is 5.91 Å². The van der Waals surface area contributed by atoms with Crippen molar-refractivity contribution >= 4 is 17.5 Å². The summed E-state index contributed by atoms with van der Waals surface area (Å²) in [6, 6.07) is 0.765. The van der Waals surface area contributed by atoms with Gasteiger partial charge in [-0.1, -0.05) is 0 Å². The number of rotatable bonds is 6. The largest absolute Gasteiger partial charge is 0.368 e. The first-order valence-corrected chi connectivity index (χ1v) is 5.99. The molecule has 0 saturated heterocycles. The number of aromatic nitrogens is 1. The van der Waals surface area contributed by atoms with Crippen molar-refractivity contribution in [1.82, 2.24) is 9.88 Å². The smallest absolute Gasteiger partial charge is 0.223 e. The van der Waals surface area contributed by atoms with Crippen molar-refractivity contribution in [2.24, 2.45) is 0 Å². The third-order valence-electron chi connectivity index (χ3n) is 2.40. The zero-order valence-electron chi connectivity index (χ0n) is 11.3. The molecule has 0 unspecified atom stereocenters. The minimum absolute atomic E-state index is 0.00895. The number of hydrogen-bond donors (Lipinski definition) is 2. The maximum atomic E-state index is 13.5. The molecular formula is C12H18F2N4O. The van der Waals surface area contributed by atoms with Crippen LogP contribution in [0.5, 0.6) is 0 Å². The molecule has 0 bridgehead atoms. The predicted molar refractivity (Wildman–Crippen MR) is 70.1 cm³/mol. The normalized spacial score (nSPS) is 10.2. The van der Waals surface area contributed by atoms with Gasteiger partial charge in [0.25, 0.3) is 0 Å². The number of pyridine rings is 1. The fraction of sp³-hybridized carbons (Fsp3) is 0.500. The second-order valence-electron chi connectivity index (χ2n) is 4.14. The Morgan fingerprint density at radius 2 is 1.84 bits per heavy atom. The lowest BCUT2D eigenvalue weighted by Gasteiger charge is -2.12. The quantitative estimate of drug-likeness (QED) is 0.827. The molecule has 0 aromatic carbocycles. The Labute approximate surface area is 111 Å². The molecule has 2 N–H and O–H groups in total. The Morgan fingerprint density at radius 3 is 2.37 bits per heavy atom. The summed E-state index contributed by atoms with van der Waals surface area (Å²) in [6.45, 7) is 2.50. The summed E-state index contributed by atoms with van der Waals surface area (Å²) in [6.07, 6.45) is 0.210. The van der Waals surface area contributed by atoms with Crippen molar-refractivity contribution in [2.75, 3.05) is 37.8 Å². The van der Waals surface area contributed by atoms with Crippen LogP contribution in [0.15, 0.2) is 6.07 Å². The van der Waals surface area contributed by atoms with Crippen LogP contribution >= 0.6 is 0 Å². The van der Waals surface area contributed by atoms with E-state index in [9.17, 15) is 13.6 Å². The molecule has 1 aromatic rings. The molecule has 1 amide bonds. The van der Waals surface area contributed by atoms with E-state index in [1.54, 1.807) is 21.0 Å². The van der Waals surface area contributed by atoms with E-state index in [1.807, 2.05) is 0 Å². The van der Waals surface area contributed by atoms with Crippen molar-refractivity contribution in [3.63, 3.8) is 0 Å². The Morgan fingerprint density at radius 1 is 1.26 bits per heavy atom. The molecule has 19 heavy (non-hydrogen) atoms. The second kappa shape index (κ2) is 6.86. The lowest BCUT2D eigenvalue weighted by Crippen LogP contribution is -2.24. The summed E-state index contributed by atoms with van der Waals surface area (Å²) < 4.78 is 26.8. The standard InChI is InChI=1S/C12H18F2N4O/c1-4-15-11-8(13)7-9(14)12(17-11)16-6-5-10(19)18(2)3/h7H,4-6H2,1-3H3,(H2,15,16,17). The van der Waals surface area contributed by atoms with Crippen LogP contribution < -0.4 is 10.6 Å². The fourth-order valence-electron chi connectivity index (χ4n) is 1.39. The van der Waals surface area contributed by atoms with Crippen LogP contribution in [0.3, 0.4) is 0 Å². The van der Waals surface area contributed by atoms with E-state index in [4.69, 9.17) is 0 Å².